The van der Waals surface area contributed by atoms with E-state index in [0.717, 1.165) is 50.0 Å². The minimum atomic E-state index is -0.408. The molecule has 0 radical (unpaired) electrons. The van der Waals surface area contributed by atoms with Gasteiger partial charge in [-0.2, -0.15) is 5.26 Å². The van der Waals surface area contributed by atoms with E-state index in [4.69, 9.17) is 14.2 Å². The monoisotopic (exact) mass is 476 g/mol. The number of hydrogen-bond acceptors (Lipinski definition) is 8. The number of rotatable bonds is 5. The number of carbonyl (C=O) groups is 2. The van der Waals surface area contributed by atoms with E-state index in [1.807, 2.05) is 18.2 Å². The van der Waals surface area contributed by atoms with Crippen LogP contribution in [0, 0.1) is 18.3 Å². The minimum absolute atomic E-state index is 0.0130. The number of nitrogens with zero attached hydrogens (tertiary/aromatic N) is 4. The number of anilines is 1. The third-order valence-corrected chi connectivity index (χ3v) is 7.46. The molecule has 0 bridgehead atoms. The van der Waals surface area contributed by atoms with Gasteiger partial charge in [0.25, 0.3) is 5.91 Å². The Labute approximate surface area is 204 Å². The summed E-state index contributed by atoms with van der Waals surface area (Å²) in [6.45, 7) is 5.54. The van der Waals surface area contributed by atoms with Crippen molar-refractivity contribution in [2.45, 2.75) is 38.4 Å². The predicted octanol–water partition coefficient (Wildman–Crippen LogP) is 2.38. The zero-order valence-corrected chi connectivity index (χ0v) is 20.0. The van der Waals surface area contributed by atoms with E-state index in [9.17, 15) is 14.9 Å². The Morgan fingerprint density at radius 2 is 2.03 bits per heavy atom. The van der Waals surface area contributed by atoms with Gasteiger partial charge >= 0.3 is 5.97 Å². The zero-order chi connectivity index (χ0) is 24.6. The summed E-state index contributed by atoms with van der Waals surface area (Å²) < 4.78 is 16.6. The fraction of sp³-hybridized carbons (Fsp3) is 0.462. The lowest BCUT2D eigenvalue weighted by atomic mass is 9.88. The molecule has 0 N–H and O–H groups in total. The maximum atomic E-state index is 12.6. The normalized spacial score (nSPS) is 19.4. The van der Waals surface area contributed by atoms with Crippen LogP contribution in [-0.4, -0.2) is 67.3 Å². The molecule has 0 atom stereocenters. The molecule has 35 heavy (non-hydrogen) atoms. The van der Waals surface area contributed by atoms with Crippen LogP contribution < -0.4 is 9.64 Å². The van der Waals surface area contributed by atoms with Crippen molar-refractivity contribution >= 4 is 17.7 Å². The average molecular weight is 477 g/mol. The van der Waals surface area contributed by atoms with E-state index in [0.29, 0.717) is 35.8 Å². The first-order valence-corrected chi connectivity index (χ1v) is 11.8. The number of nitriles is 1. The molecule has 1 amide bonds. The van der Waals surface area contributed by atoms with E-state index in [1.165, 1.54) is 18.9 Å². The van der Waals surface area contributed by atoms with Gasteiger partial charge in [-0.05, 0) is 43.4 Å². The second-order valence-electron chi connectivity index (χ2n) is 9.35. The van der Waals surface area contributed by atoms with Crippen LogP contribution in [-0.2, 0) is 27.3 Å². The molecule has 0 saturated carbocycles. The number of hydrogen-bond donors (Lipinski definition) is 0. The fourth-order valence-electron chi connectivity index (χ4n) is 5.18. The number of carbonyl (C=O) groups excluding carboxylic acids is 2. The number of cyclic esters (lactones) is 1. The zero-order valence-electron chi connectivity index (χ0n) is 20.0. The van der Waals surface area contributed by atoms with Gasteiger partial charge in [-0.3, -0.25) is 9.69 Å². The van der Waals surface area contributed by atoms with E-state index < -0.39 is 5.60 Å². The Balaban J connectivity index is 1.21. The van der Waals surface area contributed by atoms with E-state index >= 15 is 0 Å². The van der Waals surface area contributed by atoms with Crippen molar-refractivity contribution in [1.82, 2.24) is 9.88 Å². The number of ether oxygens (including phenoxy) is 3. The third kappa shape index (κ3) is 4.35. The average Bonchev–Trinajstić information content (AvgIpc) is 3.27. The van der Waals surface area contributed by atoms with E-state index in [2.05, 4.69) is 16.8 Å². The highest BCUT2D eigenvalue weighted by molar-refractivity contribution is 5.95. The van der Waals surface area contributed by atoms with Gasteiger partial charge in [-0.25, -0.2) is 9.78 Å². The summed E-state index contributed by atoms with van der Waals surface area (Å²) in [5.74, 6) is 0.501. The van der Waals surface area contributed by atoms with Crippen LogP contribution in [0.4, 0.5) is 5.82 Å². The number of pyridine rings is 1. The van der Waals surface area contributed by atoms with Gasteiger partial charge in [0.2, 0.25) is 0 Å². The molecule has 5 rings (SSSR count). The van der Waals surface area contributed by atoms with Gasteiger partial charge in [0.05, 0.1) is 31.0 Å². The highest BCUT2D eigenvalue weighted by Gasteiger charge is 2.43. The molecule has 1 spiro atoms. The van der Waals surface area contributed by atoms with Crippen molar-refractivity contribution in [2.24, 2.45) is 0 Å². The summed E-state index contributed by atoms with van der Waals surface area (Å²) in [5.41, 5.74) is 4.02. The molecule has 4 heterocycles. The Hall–Kier alpha value is -3.48. The predicted molar refractivity (Wildman–Crippen MR) is 126 cm³/mol. The number of fused-ring (bicyclic) bond motifs is 1. The van der Waals surface area contributed by atoms with Crippen molar-refractivity contribution in [3.05, 3.63) is 52.2 Å². The molecule has 2 saturated heterocycles. The van der Waals surface area contributed by atoms with Gasteiger partial charge in [-0.1, -0.05) is 6.07 Å². The Morgan fingerprint density at radius 1 is 1.23 bits per heavy atom. The lowest BCUT2D eigenvalue weighted by Crippen LogP contribution is -2.59. The quantitative estimate of drug-likeness (QED) is 0.606. The smallest absolute Gasteiger partial charge is 0.338 e. The Morgan fingerprint density at radius 3 is 2.77 bits per heavy atom. The Bertz CT molecular complexity index is 1210. The van der Waals surface area contributed by atoms with Gasteiger partial charge in [-0.15, -0.1) is 0 Å². The summed E-state index contributed by atoms with van der Waals surface area (Å²) in [6, 6.07) is 7.61. The number of benzene rings is 1. The van der Waals surface area contributed by atoms with Crippen LogP contribution in [0.2, 0.25) is 0 Å². The minimum Gasteiger partial charge on any atom is -0.495 e. The molecule has 9 heteroatoms. The van der Waals surface area contributed by atoms with Crippen molar-refractivity contribution in [1.29, 1.82) is 5.26 Å². The first-order valence-electron chi connectivity index (χ1n) is 11.8. The highest BCUT2D eigenvalue weighted by Crippen LogP contribution is 2.34. The molecule has 2 fully saturated rings. The van der Waals surface area contributed by atoms with Gasteiger partial charge in [0, 0.05) is 31.3 Å². The maximum absolute atomic E-state index is 12.6. The second-order valence-corrected chi connectivity index (χ2v) is 9.35. The molecule has 182 valence electrons. The van der Waals surface area contributed by atoms with Crippen LogP contribution >= 0.6 is 0 Å². The lowest BCUT2D eigenvalue weighted by molar-refractivity contribution is -0.144. The SMILES string of the molecule is COc1cc(N2CC3(CCN(CCc4ccc5c(c4C)COC5=O)CC3)OCC2=O)ncc1C#N. The van der Waals surface area contributed by atoms with E-state index in [1.54, 1.807) is 11.0 Å². The van der Waals surface area contributed by atoms with Crippen molar-refractivity contribution in [2.75, 3.05) is 44.8 Å². The second kappa shape index (κ2) is 9.29. The van der Waals surface area contributed by atoms with Crippen LogP contribution in [0.5, 0.6) is 5.75 Å². The largest absolute Gasteiger partial charge is 0.495 e. The molecule has 0 aliphatic carbocycles. The molecule has 3 aliphatic heterocycles. The Kier molecular flexibility index (Phi) is 6.17. The van der Waals surface area contributed by atoms with Crippen LogP contribution in [0.3, 0.4) is 0 Å². The molecule has 1 aromatic heterocycles. The number of piperidine rings is 1. The summed E-state index contributed by atoms with van der Waals surface area (Å²) >= 11 is 0. The number of likely N-dealkylation sites (tertiary alicyclic amines) is 1. The molecule has 9 nitrogen and oxygen atoms in total. The van der Waals surface area contributed by atoms with Gasteiger partial charge < -0.3 is 19.1 Å². The number of aromatic nitrogens is 1. The third-order valence-electron chi connectivity index (χ3n) is 7.46. The number of esters is 1. The molecule has 2 aromatic rings. The van der Waals surface area contributed by atoms with Crippen molar-refractivity contribution in [3.8, 4) is 11.8 Å². The van der Waals surface area contributed by atoms with Gasteiger partial charge in [0.15, 0.2) is 0 Å². The maximum Gasteiger partial charge on any atom is 0.338 e. The molecule has 3 aliphatic rings. The van der Waals surface area contributed by atoms with Crippen LogP contribution in [0.15, 0.2) is 24.4 Å². The number of morpholine rings is 1. The van der Waals surface area contributed by atoms with Crippen LogP contribution in [0.25, 0.3) is 0 Å². The summed E-state index contributed by atoms with van der Waals surface area (Å²) in [5, 5.41) is 9.22. The van der Waals surface area contributed by atoms with E-state index in [-0.39, 0.29) is 18.5 Å². The van der Waals surface area contributed by atoms with Crippen molar-refractivity contribution in [3.63, 3.8) is 0 Å². The van der Waals surface area contributed by atoms with Gasteiger partial charge in [0.1, 0.15) is 36.4 Å². The molecule has 0 unspecified atom stereocenters. The number of methoxy groups -OCH3 is 1. The summed E-state index contributed by atoms with van der Waals surface area (Å²) in [7, 11) is 1.50. The standard InChI is InChI=1S/C26H28N4O5/c1-17-18(3-4-20-21(17)14-34-25(20)32)5-8-29-9-6-26(7-10-29)16-30(24(31)15-35-26)23-11-22(33-2)19(12-27)13-28-23/h3-4,11,13H,5-10,14-16H2,1-2H3. The summed E-state index contributed by atoms with van der Waals surface area (Å²) in [6.07, 6.45) is 3.97. The van der Waals surface area contributed by atoms with Crippen molar-refractivity contribution < 1.29 is 23.8 Å². The van der Waals surface area contributed by atoms with Crippen LogP contribution in [0.1, 0.15) is 45.5 Å². The molecular formula is C26H28N4O5. The lowest BCUT2D eigenvalue weighted by Gasteiger charge is -2.46. The fourth-order valence-corrected chi connectivity index (χ4v) is 5.18. The summed E-state index contributed by atoms with van der Waals surface area (Å²) in [4.78, 5) is 32.8. The first kappa shape index (κ1) is 23.3. The topological polar surface area (TPSA) is 105 Å². The molecular weight excluding hydrogens is 448 g/mol. The highest BCUT2D eigenvalue weighted by atomic mass is 16.5. The number of amides is 1. The molecule has 1 aromatic carbocycles. The first-order chi connectivity index (χ1) is 16.9.